The Morgan fingerprint density at radius 3 is 2.60 bits per heavy atom. The van der Waals surface area contributed by atoms with Gasteiger partial charge in [-0.15, -0.1) is 0 Å². The molecule has 2 amide bonds. The van der Waals surface area contributed by atoms with Crippen molar-refractivity contribution in [2.45, 2.75) is 46.6 Å². The minimum atomic E-state index is -0.383. The molecule has 4 rings (SSSR count). The lowest BCUT2D eigenvalue weighted by Crippen LogP contribution is -2.42. The summed E-state index contributed by atoms with van der Waals surface area (Å²) in [5.74, 6) is 0.661. The van der Waals surface area contributed by atoms with Gasteiger partial charge in [0.05, 0.1) is 17.1 Å². The van der Waals surface area contributed by atoms with Gasteiger partial charge in [0, 0.05) is 30.0 Å². The van der Waals surface area contributed by atoms with Gasteiger partial charge in [0.15, 0.2) is 5.82 Å². The van der Waals surface area contributed by atoms with E-state index in [1.165, 1.54) is 0 Å². The lowest BCUT2D eigenvalue weighted by Gasteiger charge is -2.31. The van der Waals surface area contributed by atoms with E-state index in [2.05, 4.69) is 10.4 Å². The molecule has 0 bridgehead atoms. The summed E-state index contributed by atoms with van der Waals surface area (Å²) in [5, 5.41) is 8.60. The fourth-order valence-electron chi connectivity index (χ4n) is 3.96. The molecule has 7 nitrogen and oxygen atoms in total. The summed E-state index contributed by atoms with van der Waals surface area (Å²) in [6, 6.07) is 11.7. The van der Waals surface area contributed by atoms with Crippen LogP contribution in [0.5, 0.6) is 0 Å². The number of carbonyl (C=O) groups excluding carboxylic acids is 2. The number of nitrogens with one attached hydrogen (secondary N) is 1. The quantitative estimate of drug-likeness (QED) is 0.722. The second kappa shape index (κ2) is 7.23. The van der Waals surface area contributed by atoms with Gasteiger partial charge in [-0.3, -0.25) is 9.59 Å². The maximum atomic E-state index is 13.0. The number of rotatable bonds is 3. The van der Waals surface area contributed by atoms with Crippen LogP contribution >= 0.6 is 0 Å². The van der Waals surface area contributed by atoms with Gasteiger partial charge in [0.25, 0.3) is 0 Å². The van der Waals surface area contributed by atoms with Crippen molar-refractivity contribution in [3.8, 4) is 5.82 Å². The van der Waals surface area contributed by atoms with Crippen LogP contribution in [0, 0.1) is 19.8 Å². The summed E-state index contributed by atoms with van der Waals surface area (Å²) in [4.78, 5) is 31.8. The van der Waals surface area contributed by atoms with E-state index in [0.717, 1.165) is 22.2 Å². The molecule has 1 N–H and O–H groups in total. The average molecular weight is 406 g/mol. The van der Waals surface area contributed by atoms with Crippen LogP contribution < -0.4 is 5.32 Å². The number of amides is 2. The Morgan fingerprint density at radius 2 is 1.90 bits per heavy atom. The largest absolute Gasteiger partial charge is 0.337 e. The highest BCUT2D eigenvalue weighted by atomic mass is 16.2. The Bertz CT molecular complexity index is 1140. The summed E-state index contributed by atoms with van der Waals surface area (Å²) in [7, 11) is 0. The molecule has 156 valence electrons. The van der Waals surface area contributed by atoms with Gasteiger partial charge in [0.1, 0.15) is 5.82 Å². The highest BCUT2D eigenvalue weighted by molar-refractivity contribution is 5.97. The Balaban J connectivity index is 1.62. The maximum Gasteiger partial charge on any atom is 0.230 e. The Hall–Kier alpha value is -3.22. The third-order valence-corrected chi connectivity index (χ3v) is 5.51. The Labute approximate surface area is 176 Å². The predicted octanol–water partition coefficient (Wildman–Crippen LogP) is 3.62. The smallest absolute Gasteiger partial charge is 0.230 e. The number of benzene rings is 1. The Morgan fingerprint density at radius 1 is 1.17 bits per heavy atom. The molecule has 1 unspecified atom stereocenters. The topological polar surface area (TPSA) is 80.1 Å². The molecular weight excluding hydrogens is 378 g/mol. The molecule has 3 aromatic rings. The van der Waals surface area contributed by atoms with Crippen LogP contribution in [0.4, 0.5) is 5.82 Å². The molecule has 1 aromatic carbocycles. The molecule has 1 aliphatic rings. The summed E-state index contributed by atoms with van der Waals surface area (Å²) in [6.07, 6.45) is 0.226. The van der Waals surface area contributed by atoms with Gasteiger partial charge < -0.3 is 10.2 Å². The molecule has 0 saturated carbocycles. The molecule has 0 spiro atoms. The minimum Gasteiger partial charge on any atom is -0.337 e. The number of hydrogen-bond acceptors (Lipinski definition) is 4. The van der Waals surface area contributed by atoms with Crippen LogP contribution in [0.15, 0.2) is 36.4 Å². The SMILES string of the molecule is Cc1cc(NC(=O)C2CC(=O)N(C(C)(C)C)C2)n(-c2cc(C)c3ccccc3n2)n1. The van der Waals surface area contributed by atoms with Crippen molar-refractivity contribution in [2.75, 3.05) is 11.9 Å². The first-order valence-corrected chi connectivity index (χ1v) is 10.2. The van der Waals surface area contributed by atoms with E-state index >= 15 is 0 Å². The van der Waals surface area contributed by atoms with Crippen molar-refractivity contribution < 1.29 is 9.59 Å². The van der Waals surface area contributed by atoms with Crippen molar-refractivity contribution in [1.82, 2.24) is 19.7 Å². The molecule has 1 aliphatic heterocycles. The number of aryl methyl sites for hydroxylation is 2. The first-order valence-electron chi connectivity index (χ1n) is 10.2. The monoisotopic (exact) mass is 405 g/mol. The number of para-hydroxylation sites is 1. The second-order valence-corrected chi connectivity index (χ2v) is 8.96. The number of pyridine rings is 1. The van der Waals surface area contributed by atoms with Crippen molar-refractivity contribution in [2.24, 2.45) is 5.92 Å². The zero-order chi connectivity index (χ0) is 21.6. The number of aromatic nitrogens is 3. The number of fused-ring (bicyclic) bond motifs is 1. The third-order valence-electron chi connectivity index (χ3n) is 5.51. The van der Waals surface area contributed by atoms with Crippen molar-refractivity contribution in [1.29, 1.82) is 0 Å². The van der Waals surface area contributed by atoms with Crippen LogP contribution in [-0.2, 0) is 9.59 Å². The van der Waals surface area contributed by atoms with E-state index in [4.69, 9.17) is 4.98 Å². The zero-order valence-corrected chi connectivity index (χ0v) is 18.1. The molecule has 7 heteroatoms. The maximum absolute atomic E-state index is 13.0. The van der Waals surface area contributed by atoms with E-state index < -0.39 is 0 Å². The number of hydrogen-bond donors (Lipinski definition) is 1. The Kier molecular flexibility index (Phi) is 4.84. The normalized spacial score (nSPS) is 17.0. The van der Waals surface area contributed by atoms with Gasteiger partial charge >= 0.3 is 0 Å². The standard InChI is InChI=1S/C23H27N5O2/c1-14-10-19(24-18-9-7-6-8-17(14)18)28-20(11-15(2)26-28)25-22(30)16-12-21(29)27(13-16)23(3,4)5/h6-11,16H,12-13H2,1-5H3,(H,25,30). The fourth-order valence-corrected chi connectivity index (χ4v) is 3.96. The van der Waals surface area contributed by atoms with E-state index in [-0.39, 0.29) is 29.7 Å². The average Bonchev–Trinajstić information content (AvgIpc) is 3.24. The van der Waals surface area contributed by atoms with Crippen LogP contribution in [-0.4, -0.2) is 43.6 Å². The summed E-state index contributed by atoms with van der Waals surface area (Å²) in [5.41, 5.74) is 2.44. The van der Waals surface area contributed by atoms with Gasteiger partial charge in [-0.05, 0) is 52.3 Å². The molecular formula is C23H27N5O2. The third kappa shape index (κ3) is 3.67. The van der Waals surface area contributed by atoms with Crippen molar-refractivity contribution in [3.63, 3.8) is 0 Å². The molecule has 0 aliphatic carbocycles. The van der Waals surface area contributed by atoms with Crippen LogP contribution in [0.1, 0.15) is 38.4 Å². The first kappa shape index (κ1) is 20.1. The lowest BCUT2D eigenvalue weighted by atomic mass is 10.1. The molecule has 1 atom stereocenters. The lowest BCUT2D eigenvalue weighted by molar-refractivity contribution is -0.131. The molecule has 2 aromatic heterocycles. The van der Waals surface area contributed by atoms with Crippen molar-refractivity contribution >= 4 is 28.5 Å². The summed E-state index contributed by atoms with van der Waals surface area (Å²) >= 11 is 0. The van der Waals surface area contributed by atoms with E-state index in [1.807, 2.05) is 71.0 Å². The molecule has 1 saturated heterocycles. The molecule has 30 heavy (non-hydrogen) atoms. The fraction of sp³-hybridized carbons (Fsp3) is 0.391. The van der Waals surface area contributed by atoms with Gasteiger partial charge in [-0.2, -0.15) is 9.78 Å². The zero-order valence-electron chi connectivity index (χ0n) is 18.1. The van der Waals surface area contributed by atoms with E-state index in [9.17, 15) is 9.59 Å². The van der Waals surface area contributed by atoms with E-state index in [1.54, 1.807) is 9.58 Å². The summed E-state index contributed by atoms with van der Waals surface area (Å²) in [6.45, 7) is 10.3. The molecule has 0 radical (unpaired) electrons. The predicted molar refractivity (Wildman–Crippen MR) is 117 cm³/mol. The number of anilines is 1. The number of likely N-dealkylation sites (tertiary alicyclic amines) is 1. The number of carbonyl (C=O) groups is 2. The highest BCUT2D eigenvalue weighted by Crippen LogP contribution is 2.28. The van der Waals surface area contributed by atoms with Crippen LogP contribution in [0.2, 0.25) is 0 Å². The van der Waals surface area contributed by atoms with E-state index in [0.29, 0.717) is 18.2 Å². The highest BCUT2D eigenvalue weighted by Gasteiger charge is 2.39. The van der Waals surface area contributed by atoms with Crippen molar-refractivity contribution in [3.05, 3.63) is 47.7 Å². The summed E-state index contributed by atoms with van der Waals surface area (Å²) < 4.78 is 1.66. The van der Waals surface area contributed by atoms with Gasteiger partial charge in [0.2, 0.25) is 11.8 Å². The second-order valence-electron chi connectivity index (χ2n) is 8.96. The van der Waals surface area contributed by atoms with Gasteiger partial charge in [-0.25, -0.2) is 4.98 Å². The molecule has 1 fully saturated rings. The number of nitrogens with zero attached hydrogens (tertiary/aromatic N) is 4. The van der Waals surface area contributed by atoms with Crippen LogP contribution in [0.25, 0.3) is 16.7 Å². The first-order chi connectivity index (χ1) is 14.1. The minimum absolute atomic E-state index is 0.0131. The van der Waals surface area contributed by atoms with Crippen LogP contribution in [0.3, 0.4) is 0 Å². The van der Waals surface area contributed by atoms with Gasteiger partial charge in [-0.1, -0.05) is 18.2 Å². The molecule has 3 heterocycles.